The van der Waals surface area contributed by atoms with Crippen LogP contribution in [-0.4, -0.2) is 31.0 Å². The number of anilines is 1. The molecule has 7 nitrogen and oxygen atoms in total. The molecule has 0 bridgehead atoms. The Kier molecular flexibility index (Phi) is 6.19. The number of benzene rings is 2. The number of hydrogen-bond acceptors (Lipinski definition) is 5. The van der Waals surface area contributed by atoms with Crippen LogP contribution in [0.5, 0.6) is 5.75 Å². The quantitative estimate of drug-likeness (QED) is 0.753. The summed E-state index contributed by atoms with van der Waals surface area (Å²) < 4.78 is 10.3. The molecule has 2 aromatic rings. The van der Waals surface area contributed by atoms with Crippen molar-refractivity contribution >= 4 is 35.1 Å². The molecule has 3 N–H and O–H groups in total. The molecule has 0 fully saturated rings. The van der Waals surface area contributed by atoms with Gasteiger partial charge in [-0.15, -0.1) is 0 Å². The first-order valence-electron chi connectivity index (χ1n) is 7.57. The number of hydrogen-bond donors (Lipinski definition) is 2. The van der Waals surface area contributed by atoms with Crippen molar-refractivity contribution in [2.24, 2.45) is 5.73 Å². The fourth-order valence-electron chi connectivity index (χ4n) is 2.06. The Balaban J connectivity index is 2.03. The van der Waals surface area contributed by atoms with Crippen molar-refractivity contribution in [1.29, 1.82) is 0 Å². The van der Waals surface area contributed by atoms with Gasteiger partial charge < -0.3 is 20.5 Å². The van der Waals surface area contributed by atoms with E-state index in [1.807, 2.05) is 0 Å². The second kappa shape index (κ2) is 8.35. The summed E-state index contributed by atoms with van der Waals surface area (Å²) in [7, 11) is 1.46. The molecule has 0 aromatic heterocycles. The molecule has 8 heteroatoms. The summed E-state index contributed by atoms with van der Waals surface area (Å²) in [5.41, 5.74) is 5.95. The van der Waals surface area contributed by atoms with Crippen molar-refractivity contribution in [2.45, 2.75) is 13.0 Å². The van der Waals surface area contributed by atoms with Crippen LogP contribution < -0.4 is 15.8 Å². The Morgan fingerprint density at radius 1 is 1.08 bits per heavy atom. The molecule has 136 valence electrons. The number of rotatable bonds is 6. The minimum Gasteiger partial charge on any atom is -0.495 e. The lowest BCUT2D eigenvalue weighted by Gasteiger charge is -2.15. The summed E-state index contributed by atoms with van der Waals surface area (Å²) in [4.78, 5) is 35.4. The third kappa shape index (κ3) is 4.73. The summed E-state index contributed by atoms with van der Waals surface area (Å²) in [5, 5.41) is 3.01. The smallest absolute Gasteiger partial charge is 0.338 e. The Labute approximate surface area is 155 Å². The number of esters is 1. The average Bonchev–Trinajstić information content (AvgIpc) is 2.61. The standard InChI is InChI=1S/C18H17ClN2O5/c1-10(17(23)21-14-9-13(19)7-8-15(14)25-2)26-18(24)12-5-3-11(4-6-12)16(20)22/h3-10H,1-2H3,(H2,20,22)(H,21,23). The van der Waals surface area contributed by atoms with Gasteiger partial charge in [0.05, 0.1) is 18.4 Å². The predicted molar refractivity (Wildman–Crippen MR) is 96.5 cm³/mol. The predicted octanol–water partition coefficient (Wildman–Crippen LogP) is 2.63. The van der Waals surface area contributed by atoms with E-state index in [0.717, 1.165) is 0 Å². The number of amides is 2. The summed E-state index contributed by atoms with van der Waals surface area (Å²) >= 11 is 5.91. The molecule has 2 rings (SSSR count). The summed E-state index contributed by atoms with van der Waals surface area (Å²) in [6.45, 7) is 1.43. The first-order chi connectivity index (χ1) is 12.3. The Morgan fingerprint density at radius 3 is 2.27 bits per heavy atom. The van der Waals surface area contributed by atoms with Gasteiger partial charge in [-0.05, 0) is 49.4 Å². The zero-order chi connectivity index (χ0) is 19.3. The van der Waals surface area contributed by atoms with Crippen LogP contribution in [0.3, 0.4) is 0 Å². The highest BCUT2D eigenvalue weighted by Gasteiger charge is 2.20. The molecular formula is C18H17ClN2O5. The van der Waals surface area contributed by atoms with Crippen LogP contribution in [0, 0.1) is 0 Å². The largest absolute Gasteiger partial charge is 0.495 e. The van der Waals surface area contributed by atoms with E-state index >= 15 is 0 Å². The van der Waals surface area contributed by atoms with E-state index in [0.29, 0.717) is 16.5 Å². The molecule has 0 aliphatic rings. The Hall–Kier alpha value is -3.06. The minimum absolute atomic E-state index is 0.190. The van der Waals surface area contributed by atoms with Gasteiger partial charge in [0.15, 0.2) is 6.10 Å². The van der Waals surface area contributed by atoms with Crippen molar-refractivity contribution in [2.75, 3.05) is 12.4 Å². The monoisotopic (exact) mass is 376 g/mol. The third-order valence-corrected chi connectivity index (χ3v) is 3.71. The molecule has 0 saturated carbocycles. The van der Waals surface area contributed by atoms with Gasteiger partial charge in [0.1, 0.15) is 5.75 Å². The van der Waals surface area contributed by atoms with Gasteiger partial charge in [-0.1, -0.05) is 11.6 Å². The maximum atomic E-state index is 12.3. The molecule has 0 saturated heterocycles. The number of methoxy groups -OCH3 is 1. The normalized spacial score (nSPS) is 11.3. The topological polar surface area (TPSA) is 108 Å². The number of primary amides is 1. The SMILES string of the molecule is COc1ccc(Cl)cc1NC(=O)C(C)OC(=O)c1ccc(C(N)=O)cc1. The lowest BCUT2D eigenvalue weighted by atomic mass is 10.1. The molecule has 26 heavy (non-hydrogen) atoms. The minimum atomic E-state index is -1.07. The van der Waals surface area contributed by atoms with E-state index in [4.69, 9.17) is 26.8 Å². The summed E-state index contributed by atoms with van der Waals surface area (Å²) in [6, 6.07) is 10.3. The van der Waals surface area contributed by atoms with Gasteiger partial charge in [0.2, 0.25) is 5.91 Å². The highest BCUT2D eigenvalue weighted by Crippen LogP contribution is 2.27. The molecule has 0 heterocycles. The second-order valence-corrected chi connectivity index (χ2v) is 5.76. The van der Waals surface area contributed by atoms with Crippen LogP contribution in [0.25, 0.3) is 0 Å². The van der Waals surface area contributed by atoms with E-state index in [2.05, 4.69) is 5.32 Å². The van der Waals surface area contributed by atoms with Crippen LogP contribution >= 0.6 is 11.6 Å². The molecular weight excluding hydrogens is 360 g/mol. The first-order valence-corrected chi connectivity index (χ1v) is 7.95. The lowest BCUT2D eigenvalue weighted by Crippen LogP contribution is -2.30. The van der Waals surface area contributed by atoms with E-state index in [1.165, 1.54) is 44.4 Å². The molecule has 2 aromatic carbocycles. The number of ether oxygens (including phenoxy) is 2. The highest BCUT2D eigenvalue weighted by molar-refractivity contribution is 6.31. The maximum absolute atomic E-state index is 12.3. The van der Waals surface area contributed by atoms with E-state index in [1.54, 1.807) is 12.1 Å². The van der Waals surface area contributed by atoms with Crippen molar-refractivity contribution < 1.29 is 23.9 Å². The molecule has 0 radical (unpaired) electrons. The van der Waals surface area contributed by atoms with Crippen molar-refractivity contribution in [3.63, 3.8) is 0 Å². The van der Waals surface area contributed by atoms with E-state index < -0.39 is 23.9 Å². The van der Waals surface area contributed by atoms with Gasteiger partial charge in [0.25, 0.3) is 5.91 Å². The Bertz CT molecular complexity index is 836. The van der Waals surface area contributed by atoms with Crippen LogP contribution in [0.4, 0.5) is 5.69 Å². The van der Waals surface area contributed by atoms with Crippen molar-refractivity contribution in [1.82, 2.24) is 0 Å². The van der Waals surface area contributed by atoms with Gasteiger partial charge in [-0.3, -0.25) is 9.59 Å². The molecule has 0 aliphatic heterocycles. The van der Waals surface area contributed by atoms with E-state index in [-0.39, 0.29) is 11.1 Å². The fourth-order valence-corrected chi connectivity index (χ4v) is 2.24. The first kappa shape index (κ1) is 19.3. The highest BCUT2D eigenvalue weighted by atomic mass is 35.5. The van der Waals surface area contributed by atoms with Gasteiger partial charge >= 0.3 is 5.97 Å². The number of carbonyl (C=O) groups is 3. The maximum Gasteiger partial charge on any atom is 0.338 e. The molecule has 0 aliphatic carbocycles. The second-order valence-electron chi connectivity index (χ2n) is 5.32. The van der Waals surface area contributed by atoms with Crippen LogP contribution in [0.15, 0.2) is 42.5 Å². The summed E-state index contributed by atoms with van der Waals surface area (Å²) in [5.74, 6) is -1.44. The molecule has 1 unspecified atom stereocenters. The Morgan fingerprint density at radius 2 is 1.69 bits per heavy atom. The lowest BCUT2D eigenvalue weighted by molar-refractivity contribution is -0.123. The third-order valence-electron chi connectivity index (χ3n) is 3.48. The van der Waals surface area contributed by atoms with Gasteiger partial charge in [-0.2, -0.15) is 0 Å². The van der Waals surface area contributed by atoms with Gasteiger partial charge in [-0.25, -0.2) is 4.79 Å². The zero-order valence-corrected chi connectivity index (χ0v) is 14.9. The molecule has 0 spiro atoms. The van der Waals surface area contributed by atoms with Crippen LogP contribution in [0.1, 0.15) is 27.6 Å². The average molecular weight is 377 g/mol. The van der Waals surface area contributed by atoms with Crippen LogP contribution in [-0.2, 0) is 9.53 Å². The van der Waals surface area contributed by atoms with Crippen molar-refractivity contribution in [3.8, 4) is 5.75 Å². The van der Waals surface area contributed by atoms with E-state index in [9.17, 15) is 14.4 Å². The number of nitrogens with one attached hydrogen (secondary N) is 1. The van der Waals surface area contributed by atoms with Gasteiger partial charge in [0, 0.05) is 10.6 Å². The van der Waals surface area contributed by atoms with Crippen molar-refractivity contribution in [3.05, 3.63) is 58.6 Å². The zero-order valence-electron chi connectivity index (χ0n) is 14.1. The number of nitrogens with two attached hydrogens (primary N) is 1. The number of carbonyl (C=O) groups excluding carboxylic acids is 3. The number of halogens is 1. The molecule has 1 atom stereocenters. The summed E-state index contributed by atoms with van der Waals surface area (Å²) in [6.07, 6.45) is -1.07. The van der Waals surface area contributed by atoms with Crippen LogP contribution in [0.2, 0.25) is 5.02 Å². The molecule has 2 amide bonds. The fraction of sp³-hybridized carbons (Fsp3) is 0.167.